The second-order valence-corrected chi connectivity index (χ2v) is 10.6. The van der Waals surface area contributed by atoms with E-state index in [4.69, 9.17) is 9.72 Å². The van der Waals surface area contributed by atoms with E-state index < -0.39 is 10.0 Å². The van der Waals surface area contributed by atoms with E-state index >= 15 is 0 Å². The Hall–Kier alpha value is -2.75. The van der Waals surface area contributed by atoms with E-state index in [0.717, 1.165) is 42.7 Å². The quantitative estimate of drug-likeness (QED) is 0.634. The normalized spacial score (nSPS) is 17.5. The Morgan fingerprint density at radius 3 is 2.67 bits per heavy atom. The monoisotopic (exact) mass is 468 g/mol. The highest BCUT2D eigenvalue weighted by molar-refractivity contribution is 7.89. The summed E-state index contributed by atoms with van der Waals surface area (Å²) in [5, 5.41) is 2.93. The highest BCUT2D eigenvalue weighted by Crippen LogP contribution is 2.26. The molecule has 0 radical (unpaired) electrons. The van der Waals surface area contributed by atoms with Gasteiger partial charge in [-0.15, -0.1) is 0 Å². The molecule has 2 aliphatic heterocycles. The summed E-state index contributed by atoms with van der Waals surface area (Å²) in [7, 11) is -3.68. The Balaban J connectivity index is 1.40. The summed E-state index contributed by atoms with van der Waals surface area (Å²) < 4.78 is 35.0. The van der Waals surface area contributed by atoms with Crippen LogP contribution in [0.5, 0.6) is 0 Å². The number of carbonyl (C=O) groups excluding carboxylic acids is 1. The Morgan fingerprint density at radius 2 is 1.85 bits per heavy atom. The number of ether oxygens (including phenoxy) is 1. The van der Waals surface area contributed by atoms with Gasteiger partial charge >= 0.3 is 0 Å². The van der Waals surface area contributed by atoms with Gasteiger partial charge in [-0.2, -0.15) is 4.31 Å². The van der Waals surface area contributed by atoms with Crippen LogP contribution in [0.3, 0.4) is 0 Å². The summed E-state index contributed by atoms with van der Waals surface area (Å²) in [4.78, 5) is 18.0. The summed E-state index contributed by atoms with van der Waals surface area (Å²) in [6.07, 6.45) is 4.49. The SMILES string of the molecule is Cc1ccc(S(=O)(=O)N2CCOCC2)cc1C(=O)Nc1ccc2c(c1)nc1n2CCCCC1. The molecule has 0 spiro atoms. The average Bonchev–Trinajstić information content (AvgIpc) is 2.99. The number of carbonyl (C=O) groups is 1. The molecule has 2 aromatic carbocycles. The average molecular weight is 469 g/mol. The van der Waals surface area contributed by atoms with Crippen molar-refractivity contribution in [3.63, 3.8) is 0 Å². The fraction of sp³-hybridized carbons (Fsp3) is 0.417. The van der Waals surface area contributed by atoms with Gasteiger partial charge in [0, 0.05) is 37.3 Å². The molecule has 174 valence electrons. The molecule has 1 aromatic heterocycles. The van der Waals surface area contributed by atoms with Crippen molar-refractivity contribution in [2.75, 3.05) is 31.6 Å². The number of fused-ring (bicyclic) bond motifs is 3. The van der Waals surface area contributed by atoms with Gasteiger partial charge in [0.05, 0.1) is 29.1 Å². The van der Waals surface area contributed by atoms with Gasteiger partial charge in [-0.3, -0.25) is 4.79 Å². The first kappa shape index (κ1) is 22.1. The van der Waals surface area contributed by atoms with Crippen LogP contribution in [0.4, 0.5) is 5.69 Å². The van der Waals surface area contributed by atoms with E-state index in [-0.39, 0.29) is 10.8 Å². The lowest BCUT2D eigenvalue weighted by atomic mass is 10.1. The van der Waals surface area contributed by atoms with Gasteiger partial charge in [0.25, 0.3) is 5.91 Å². The van der Waals surface area contributed by atoms with Gasteiger partial charge in [-0.05, 0) is 55.7 Å². The third-order valence-corrected chi connectivity index (χ3v) is 8.32. The number of sulfonamides is 1. The van der Waals surface area contributed by atoms with Crippen molar-refractivity contribution in [1.29, 1.82) is 0 Å². The third-order valence-electron chi connectivity index (χ3n) is 6.43. The number of nitrogens with one attached hydrogen (secondary N) is 1. The number of aromatic nitrogens is 2. The van der Waals surface area contributed by atoms with Crippen LogP contribution < -0.4 is 5.32 Å². The molecule has 8 nitrogen and oxygen atoms in total. The second kappa shape index (κ2) is 8.89. The summed E-state index contributed by atoms with van der Waals surface area (Å²) in [5.41, 5.74) is 3.64. The molecule has 0 aliphatic carbocycles. The maximum Gasteiger partial charge on any atom is 0.255 e. The predicted octanol–water partition coefficient (Wildman–Crippen LogP) is 3.34. The third kappa shape index (κ3) is 4.28. The number of benzene rings is 2. The van der Waals surface area contributed by atoms with Gasteiger partial charge < -0.3 is 14.6 Å². The zero-order chi connectivity index (χ0) is 23.0. The van der Waals surface area contributed by atoms with Crippen LogP contribution in [0.1, 0.15) is 41.0 Å². The van der Waals surface area contributed by atoms with Crippen LogP contribution in [0.15, 0.2) is 41.3 Å². The standard InChI is InChI=1S/C24H28N4O4S/c1-17-6-8-19(33(30,31)27-11-13-32-14-12-27)16-20(17)24(29)25-18-7-9-22-21(15-18)26-23-5-3-2-4-10-28(22)23/h6-9,15-16H,2-5,10-14H2,1H3,(H,25,29). The van der Waals surface area contributed by atoms with Crippen molar-refractivity contribution in [2.45, 2.75) is 44.0 Å². The summed E-state index contributed by atoms with van der Waals surface area (Å²) >= 11 is 0. The molecule has 0 bridgehead atoms. The molecule has 0 saturated carbocycles. The first-order valence-electron chi connectivity index (χ1n) is 11.4. The van der Waals surface area contributed by atoms with Crippen molar-refractivity contribution < 1.29 is 17.9 Å². The molecular weight excluding hydrogens is 440 g/mol. The van der Waals surface area contributed by atoms with E-state index in [2.05, 4.69) is 9.88 Å². The van der Waals surface area contributed by atoms with E-state index in [1.807, 2.05) is 18.2 Å². The number of aryl methyl sites for hydroxylation is 3. The lowest BCUT2D eigenvalue weighted by molar-refractivity contribution is 0.0730. The number of anilines is 1. The van der Waals surface area contributed by atoms with Crippen molar-refractivity contribution in [3.05, 3.63) is 53.3 Å². The van der Waals surface area contributed by atoms with E-state index in [1.54, 1.807) is 19.1 Å². The molecule has 3 heterocycles. The minimum absolute atomic E-state index is 0.119. The number of imidazole rings is 1. The fourth-order valence-corrected chi connectivity index (χ4v) is 6.00. The first-order chi connectivity index (χ1) is 15.9. The molecule has 5 rings (SSSR count). The number of nitrogens with zero attached hydrogens (tertiary/aromatic N) is 3. The summed E-state index contributed by atoms with van der Waals surface area (Å²) in [5.74, 6) is 0.759. The fourth-order valence-electron chi connectivity index (χ4n) is 4.57. The van der Waals surface area contributed by atoms with Gasteiger partial charge in [0.1, 0.15) is 5.82 Å². The number of morpholine rings is 1. The molecule has 1 N–H and O–H groups in total. The second-order valence-electron chi connectivity index (χ2n) is 8.64. The number of amides is 1. The van der Waals surface area contributed by atoms with Crippen LogP contribution in [-0.4, -0.2) is 54.5 Å². The molecular formula is C24H28N4O4S. The molecule has 2 aliphatic rings. The molecule has 9 heteroatoms. The van der Waals surface area contributed by atoms with Crippen LogP contribution >= 0.6 is 0 Å². The highest BCUT2D eigenvalue weighted by Gasteiger charge is 2.27. The Bertz CT molecular complexity index is 1310. The smallest absolute Gasteiger partial charge is 0.255 e. The predicted molar refractivity (Wildman–Crippen MR) is 126 cm³/mol. The molecule has 1 fully saturated rings. The Kier molecular flexibility index (Phi) is 5.94. The molecule has 0 unspecified atom stereocenters. The van der Waals surface area contributed by atoms with Gasteiger partial charge in [-0.1, -0.05) is 12.5 Å². The minimum Gasteiger partial charge on any atom is -0.379 e. The zero-order valence-corrected chi connectivity index (χ0v) is 19.5. The Labute approximate surface area is 193 Å². The van der Waals surface area contributed by atoms with Gasteiger partial charge in [0.2, 0.25) is 10.0 Å². The van der Waals surface area contributed by atoms with Gasteiger partial charge in [-0.25, -0.2) is 13.4 Å². The topological polar surface area (TPSA) is 93.5 Å². The Morgan fingerprint density at radius 1 is 1.03 bits per heavy atom. The molecule has 33 heavy (non-hydrogen) atoms. The van der Waals surface area contributed by atoms with Crippen molar-refractivity contribution in [1.82, 2.24) is 13.9 Å². The van der Waals surface area contributed by atoms with Crippen molar-refractivity contribution in [3.8, 4) is 0 Å². The number of hydrogen-bond donors (Lipinski definition) is 1. The van der Waals surface area contributed by atoms with Crippen LogP contribution in [0.25, 0.3) is 11.0 Å². The van der Waals surface area contributed by atoms with E-state index in [1.165, 1.54) is 16.8 Å². The summed E-state index contributed by atoms with van der Waals surface area (Å²) in [6.45, 7) is 4.15. The van der Waals surface area contributed by atoms with Gasteiger partial charge in [0.15, 0.2) is 0 Å². The molecule has 0 atom stereocenters. The minimum atomic E-state index is -3.68. The molecule has 3 aromatic rings. The lowest BCUT2D eigenvalue weighted by Gasteiger charge is -2.26. The van der Waals surface area contributed by atoms with Crippen molar-refractivity contribution in [2.24, 2.45) is 0 Å². The maximum absolute atomic E-state index is 13.1. The van der Waals surface area contributed by atoms with Crippen LogP contribution in [0.2, 0.25) is 0 Å². The largest absolute Gasteiger partial charge is 0.379 e. The highest BCUT2D eigenvalue weighted by atomic mass is 32.2. The lowest BCUT2D eigenvalue weighted by Crippen LogP contribution is -2.40. The zero-order valence-electron chi connectivity index (χ0n) is 18.7. The van der Waals surface area contributed by atoms with E-state index in [0.29, 0.717) is 43.1 Å². The van der Waals surface area contributed by atoms with Crippen LogP contribution in [0, 0.1) is 6.92 Å². The number of rotatable bonds is 4. The molecule has 1 saturated heterocycles. The maximum atomic E-state index is 13.1. The summed E-state index contributed by atoms with van der Waals surface area (Å²) in [6, 6.07) is 10.5. The van der Waals surface area contributed by atoms with Crippen LogP contribution in [-0.2, 0) is 27.7 Å². The van der Waals surface area contributed by atoms with E-state index in [9.17, 15) is 13.2 Å². The molecule has 1 amide bonds. The van der Waals surface area contributed by atoms with Crippen molar-refractivity contribution >= 4 is 32.7 Å². The number of hydrogen-bond acceptors (Lipinski definition) is 5. The first-order valence-corrected chi connectivity index (χ1v) is 12.9.